The molecule has 0 aliphatic rings. The maximum Gasteiger partial charge on any atom is 0.215 e. The number of benzene rings is 1. The Morgan fingerprint density at radius 2 is 1.96 bits per heavy atom. The van der Waals surface area contributed by atoms with Crippen molar-refractivity contribution in [3.05, 3.63) is 41.5 Å². The van der Waals surface area contributed by atoms with Crippen LogP contribution in [0.5, 0.6) is 0 Å². The Kier molecular flexibility index (Phi) is 3.55. The molecule has 0 amide bonds. The second-order valence-electron chi connectivity index (χ2n) is 5.06. The van der Waals surface area contributed by atoms with Crippen LogP contribution in [0.3, 0.4) is 0 Å². The van der Waals surface area contributed by atoms with Gasteiger partial charge >= 0.3 is 0 Å². The summed E-state index contributed by atoms with van der Waals surface area (Å²) in [5.41, 5.74) is 3.54. The predicted molar refractivity (Wildman–Crippen MR) is 90.5 cm³/mol. The molecule has 0 aliphatic carbocycles. The molecular formula is C15H12N6S2. The van der Waals surface area contributed by atoms with Crippen molar-refractivity contribution >= 4 is 33.3 Å². The fourth-order valence-corrected chi connectivity index (χ4v) is 4.07. The SMILES string of the molecule is Cc1ccc(-c2csc3ncnc(Sc4nnnn4C)c23)cc1. The Hall–Kier alpha value is -2.32. The van der Waals surface area contributed by atoms with Gasteiger partial charge in [0.05, 0.1) is 5.39 Å². The molecule has 0 bridgehead atoms. The lowest BCUT2D eigenvalue weighted by atomic mass is 10.1. The maximum absolute atomic E-state index is 4.45. The summed E-state index contributed by atoms with van der Waals surface area (Å²) in [4.78, 5) is 9.81. The summed E-state index contributed by atoms with van der Waals surface area (Å²) >= 11 is 3.07. The highest BCUT2D eigenvalue weighted by atomic mass is 32.2. The number of rotatable bonds is 3. The molecule has 8 heteroatoms. The number of aryl methyl sites for hydroxylation is 2. The van der Waals surface area contributed by atoms with Crippen LogP contribution in [-0.2, 0) is 7.05 Å². The van der Waals surface area contributed by atoms with Crippen LogP contribution in [0.25, 0.3) is 21.3 Å². The zero-order valence-corrected chi connectivity index (χ0v) is 14.1. The summed E-state index contributed by atoms with van der Waals surface area (Å²) in [5.74, 6) is 0. The first kappa shape index (κ1) is 14.3. The molecule has 0 saturated carbocycles. The molecule has 6 nitrogen and oxygen atoms in total. The van der Waals surface area contributed by atoms with Crippen LogP contribution in [0.4, 0.5) is 0 Å². The normalized spacial score (nSPS) is 11.2. The average molecular weight is 340 g/mol. The van der Waals surface area contributed by atoms with Crippen molar-refractivity contribution in [3.8, 4) is 11.1 Å². The average Bonchev–Trinajstić information content (AvgIpc) is 3.16. The topological polar surface area (TPSA) is 69.4 Å². The Bertz CT molecular complexity index is 973. The summed E-state index contributed by atoms with van der Waals surface area (Å²) < 4.78 is 1.64. The van der Waals surface area contributed by atoms with E-state index in [1.165, 1.54) is 17.3 Å². The Balaban J connectivity index is 1.87. The van der Waals surface area contributed by atoms with Crippen molar-refractivity contribution in [2.24, 2.45) is 7.05 Å². The quantitative estimate of drug-likeness (QED) is 0.533. The summed E-state index contributed by atoms with van der Waals surface area (Å²) in [5, 5.41) is 16.3. The second-order valence-corrected chi connectivity index (χ2v) is 6.88. The minimum Gasteiger partial charge on any atom is -0.229 e. The van der Waals surface area contributed by atoms with E-state index in [4.69, 9.17) is 0 Å². The summed E-state index contributed by atoms with van der Waals surface area (Å²) in [6.45, 7) is 2.08. The second kappa shape index (κ2) is 5.71. The van der Waals surface area contributed by atoms with Gasteiger partial charge in [-0.25, -0.2) is 14.6 Å². The van der Waals surface area contributed by atoms with Gasteiger partial charge in [0.1, 0.15) is 16.2 Å². The van der Waals surface area contributed by atoms with Gasteiger partial charge in [0.15, 0.2) is 0 Å². The van der Waals surface area contributed by atoms with Crippen molar-refractivity contribution in [1.29, 1.82) is 0 Å². The number of nitrogens with zero attached hydrogens (tertiary/aromatic N) is 6. The molecule has 0 N–H and O–H groups in total. The first-order valence-electron chi connectivity index (χ1n) is 6.92. The first-order chi connectivity index (χ1) is 11.2. The molecule has 0 spiro atoms. The summed E-state index contributed by atoms with van der Waals surface area (Å²) in [6, 6.07) is 8.48. The van der Waals surface area contributed by atoms with E-state index in [9.17, 15) is 0 Å². The molecular weight excluding hydrogens is 328 g/mol. The molecule has 0 radical (unpaired) electrons. The third kappa shape index (κ3) is 2.60. The molecule has 0 atom stereocenters. The number of tetrazole rings is 1. The number of aromatic nitrogens is 6. The van der Waals surface area contributed by atoms with Gasteiger partial charge in [0.25, 0.3) is 0 Å². The third-order valence-corrected chi connectivity index (χ3v) is 5.38. The van der Waals surface area contributed by atoms with Crippen LogP contribution in [0.15, 0.2) is 46.2 Å². The van der Waals surface area contributed by atoms with Gasteiger partial charge in [-0.1, -0.05) is 29.8 Å². The van der Waals surface area contributed by atoms with E-state index < -0.39 is 0 Å². The molecule has 23 heavy (non-hydrogen) atoms. The fraction of sp³-hybridized carbons (Fsp3) is 0.133. The third-order valence-electron chi connectivity index (χ3n) is 3.47. The van der Waals surface area contributed by atoms with Gasteiger partial charge in [0.2, 0.25) is 5.16 Å². The van der Waals surface area contributed by atoms with Gasteiger partial charge in [0, 0.05) is 18.0 Å². The van der Waals surface area contributed by atoms with Crippen LogP contribution in [0.1, 0.15) is 5.56 Å². The Morgan fingerprint density at radius 3 is 2.70 bits per heavy atom. The molecule has 0 aliphatic heterocycles. The van der Waals surface area contributed by atoms with Crippen molar-refractivity contribution in [2.45, 2.75) is 17.1 Å². The molecule has 4 aromatic rings. The number of thiophene rings is 1. The molecule has 0 saturated heterocycles. The maximum atomic E-state index is 4.45. The van der Waals surface area contributed by atoms with Gasteiger partial charge in [-0.3, -0.25) is 0 Å². The smallest absolute Gasteiger partial charge is 0.215 e. The highest BCUT2D eigenvalue weighted by molar-refractivity contribution is 7.99. The highest BCUT2D eigenvalue weighted by Crippen LogP contribution is 2.39. The van der Waals surface area contributed by atoms with Crippen LogP contribution in [0.2, 0.25) is 0 Å². The van der Waals surface area contributed by atoms with E-state index in [1.807, 2.05) is 7.05 Å². The molecule has 1 aromatic carbocycles. The number of hydrogen-bond acceptors (Lipinski definition) is 7. The Morgan fingerprint density at radius 1 is 1.13 bits per heavy atom. The summed E-state index contributed by atoms with van der Waals surface area (Å²) in [6.07, 6.45) is 1.59. The molecule has 114 valence electrons. The van der Waals surface area contributed by atoms with Crippen molar-refractivity contribution in [3.63, 3.8) is 0 Å². The van der Waals surface area contributed by atoms with Gasteiger partial charge in [-0.05, 0) is 34.7 Å². The zero-order chi connectivity index (χ0) is 15.8. The fourth-order valence-electron chi connectivity index (χ4n) is 2.26. The van der Waals surface area contributed by atoms with Gasteiger partial charge < -0.3 is 0 Å². The van der Waals surface area contributed by atoms with Crippen LogP contribution < -0.4 is 0 Å². The van der Waals surface area contributed by atoms with Crippen LogP contribution in [0, 0.1) is 6.92 Å². The first-order valence-corrected chi connectivity index (χ1v) is 8.61. The molecule has 4 rings (SSSR count). The minimum atomic E-state index is 0.700. The van der Waals surface area contributed by atoms with Crippen molar-refractivity contribution < 1.29 is 0 Å². The standard InChI is InChI=1S/C15H12N6S2/c1-9-3-5-10(6-4-9)11-7-22-13-12(11)14(17-8-16-13)23-15-18-19-20-21(15)2/h3-8H,1-2H3. The molecule has 3 heterocycles. The van der Waals surface area contributed by atoms with E-state index in [2.05, 4.69) is 62.1 Å². The minimum absolute atomic E-state index is 0.700. The lowest BCUT2D eigenvalue weighted by Crippen LogP contribution is -1.94. The van der Waals surface area contributed by atoms with Crippen molar-refractivity contribution in [2.75, 3.05) is 0 Å². The van der Waals surface area contributed by atoms with E-state index in [1.54, 1.807) is 22.3 Å². The van der Waals surface area contributed by atoms with Crippen LogP contribution >= 0.6 is 23.1 Å². The molecule has 3 aromatic heterocycles. The van der Waals surface area contributed by atoms with Gasteiger partial charge in [-0.15, -0.1) is 16.4 Å². The van der Waals surface area contributed by atoms with Gasteiger partial charge in [-0.2, -0.15) is 0 Å². The molecule has 0 unspecified atom stereocenters. The zero-order valence-electron chi connectivity index (χ0n) is 12.5. The lowest BCUT2D eigenvalue weighted by molar-refractivity contribution is 0.664. The predicted octanol–water partition coefficient (Wildman–Crippen LogP) is 3.34. The van der Waals surface area contributed by atoms with E-state index in [0.717, 1.165) is 26.4 Å². The van der Waals surface area contributed by atoms with E-state index in [-0.39, 0.29) is 0 Å². The van der Waals surface area contributed by atoms with Crippen molar-refractivity contribution in [1.82, 2.24) is 30.2 Å². The monoisotopic (exact) mass is 340 g/mol. The lowest BCUT2D eigenvalue weighted by Gasteiger charge is -2.04. The van der Waals surface area contributed by atoms with E-state index in [0.29, 0.717) is 5.16 Å². The van der Waals surface area contributed by atoms with E-state index >= 15 is 0 Å². The highest BCUT2D eigenvalue weighted by Gasteiger charge is 2.16. The largest absolute Gasteiger partial charge is 0.229 e. The number of hydrogen-bond donors (Lipinski definition) is 0. The Labute approximate surface area is 140 Å². The summed E-state index contributed by atoms with van der Waals surface area (Å²) in [7, 11) is 1.81. The van der Waals surface area contributed by atoms with Crippen LogP contribution in [-0.4, -0.2) is 30.2 Å². The number of fused-ring (bicyclic) bond motifs is 1. The molecule has 0 fully saturated rings.